The lowest BCUT2D eigenvalue weighted by Gasteiger charge is -2.30. The molecule has 1 aliphatic rings. The third-order valence-corrected chi connectivity index (χ3v) is 3.66. The number of benzene rings is 2. The molecule has 0 saturated carbocycles. The molecule has 0 N–H and O–H groups in total. The maximum absolute atomic E-state index is 4.62. The Bertz CT molecular complexity index is 578. The molecule has 0 unspecified atom stereocenters. The molecule has 1 heterocycles. The van der Waals surface area contributed by atoms with Gasteiger partial charge in [0.05, 0.1) is 6.21 Å². The largest absolute Gasteiger partial charge is 0.303 e. The van der Waals surface area contributed by atoms with Crippen LogP contribution in [-0.4, -0.2) is 49.4 Å². The summed E-state index contributed by atoms with van der Waals surface area (Å²) in [5.74, 6) is 0. The summed E-state index contributed by atoms with van der Waals surface area (Å²) in [5.41, 5.74) is 1.19. The summed E-state index contributed by atoms with van der Waals surface area (Å²) < 4.78 is 0. The van der Waals surface area contributed by atoms with Crippen LogP contribution in [0, 0.1) is 0 Å². The molecule has 98 valence electrons. The van der Waals surface area contributed by atoms with Gasteiger partial charge in [0.25, 0.3) is 0 Å². The number of likely N-dealkylation sites (N-methyl/N-ethyl adjacent to an activating group) is 1. The molecule has 2 aromatic carbocycles. The van der Waals surface area contributed by atoms with Crippen molar-refractivity contribution in [3.63, 3.8) is 0 Å². The molecule has 1 fully saturated rings. The van der Waals surface area contributed by atoms with E-state index in [1.54, 1.807) is 0 Å². The molecule has 3 rings (SSSR count). The third-order valence-electron chi connectivity index (χ3n) is 3.66. The van der Waals surface area contributed by atoms with Gasteiger partial charge in [-0.25, -0.2) is 0 Å². The number of fused-ring (bicyclic) bond motifs is 1. The monoisotopic (exact) mass is 253 g/mol. The molecule has 3 nitrogen and oxygen atoms in total. The highest BCUT2D eigenvalue weighted by atomic mass is 15.5. The van der Waals surface area contributed by atoms with Crippen LogP contribution < -0.4 is 0 Å². The van der Waals surface area contributed by atoms with Crippen molar-refractivity contribution >= 4 is 17.0 Å². The van der Waals surface area contributed by atoms with Crippen molar-refractivity contribution in [2.24, 2.45) is 5.10 Å². The number of nitrogens with zero attached hydrogens (tertiary/aromatic N) is 3. The maximum atomic E-state index is 4.62. The van der Waals surface area contributed by atoms with Crippen molar-refractivity contribution in [1.29, 1.82) is 0 Å². The van der Waals surface area contributed by atoms with E-state index in [2.05, 4.69) is 64.5 Å². The fraction of sp³-hybridized carbons (Fsp3) is 0.312. The fourth-order valence-electron chi connectivity index (χ4n) is 2.42. The van der Waals surface area contributed by atoms with Crippen LogP contribution in [0.15, 0.2) is 47.6 Å². The molecule has 0 aromatic heterocycles. The van der Waals surface area contributed by atoms with E-state index in [1.807, 2.05) is 6.21 Å². The number of hydrogen-bond donors (Lipinski definition) is 0. The number of hydrazone groups is 1. The Hall–Kier alpha value is -1.87. The van der Waals surface area contributed by atoms with Crippen LogP contribution in [-0.2, 0) is 0 Å². The predicted molar refractivity (Wildman–Crippen MR) is 80.6 cm³/mol. The van der Waals surface area contributed by atoms with E-state index in [4.69, 9.17) is 0 Å². The highest BCUT2D eigenvalue weighted by Crippen LogP contribution is 2.17. The van der Waals surface area contributed by atoms with E-state index in [0.29, 0.717) is 0 Å². The van der Waals surface area contributed by atoms with Gasteiger partial charge in [-0.15, -0.1) is 0 Å². The molecule has 0 bridgehead atoms. The Kier molecular flexibility index (Phi) is 3.47. The second-order valence-electron chi connectivity index (χ2n) is 5.07. The summed E-state index contributed by atoms with van der Waals surface area (Å²) in [6, 6.07) is 14.8. The van der Waals surface area contributed by atoms with E-state index in [9.17, 15) is 0 Å². The number of rotatable bonds is 2. The van der Waals surface area contributed by atoms with Crippen LogP contribution >= 0.6 is 0 Å². The lowest BCUT2D eigenvalue weighted by atomic mass is 10.1. The SMILES string of the molecule is CN1CCN(N=Cc2cccc3ccccc23)CC1. The van der Waals surface area contributed by atoms with Crippen molar-refractivity contribution in [3.05, 3.63) is 48.0 Å². The van der Waals surface area contributed by atoms with Crippen LogP contribution in [0.5, 0.6) is 0 Å². The van der Waals surface area contributed by atoms with Crippen molar-refractivity contribution in [2.45, 2.75) is 0 Å². The molecule has 0 radical (unpaired) electrons. The lowest BCUT2D eigenvalue weighted by molar-refractivity contribution is 0.159. The van der Waals surface area contributed by atoms with Crippen molar-refractivity contribution in [1.82, 2.24) is 9.91 Å². The lowest BCUT2D eigenvalue weighted by Crippen LogP contribution is -2.41. The van der Waals surface area contributed by atoms with Gasteiger partial charge in [-0.05, 0) is 17.8 Å². The van der Waals surface area contributed by atoms with E-state index >= 15 is 0 Å². The van der Waals surface area contributed by atoms with Gasteiger partial charge in [0.15, 0.2) is 0 Å². The van der Waals surface area contributed by atoms with Crippen LogP contribution in [0.1, 0.15) is 5.56 Å². The molecule has 2 aromatic rings. The van der Waals surface area contributed by atoms with Gasteiger partial charge in [-0.3, -0.25) is 5.01 Å². The summed E-state index contributed by atoms with van der Waals surface area (Å²) in [5, 5.41) is 9.31. The van der Waals surface area contributed by atoms with Gasteiger partial charge >= 0.3 is 0 Å². The smallest absolute Gasteiger partial charge is 0.0549 e. The van der Waals surface area contributed by atoms with Gasteiger partial charge in [0.1, 0.15) is 0 Å². The number of piperazine rings is 1. The quantitative estimate of drug-likeness (QED) is 0.765. The van der Waals surface area contributed by atoms with Crippen molar-refractivity contribution in [3.8, 4) is 0 Å². The van der Waals surface area contributed by atoms with Crippen LogP contribution in [0.3, 0.4) is 0 Å². The summed E-state index contributed by atoms with van der Waals surface area (Å²) in [4.78, 5) is 2.34. The van der Waals surface area contributed by atoms with Crippen LogP contribution in [0.2, 0.25) is 0 Å². The third kappa shape index (κ3) is 2.76. The minimum Gasteiger partial charge on any atom is -0.303 e. The van der Waals surface area contributed by atoms with Crippen LogP contribution in [0.25, 0.3) is 10.8 Å². The molecule has 1 aliphatic heterocycles. The first kappa shape index (κ1) is 12.2. The topological polar surface area (TPSA) is 18.8 Å². The van der Waals surface area contributed by atoms with Crippen molar-refractivity contribution < 1.29 is 0 Å². The molecule has 0 spiro atoms. The molecule has 0 aliphatic carbocycles. The van der Waals surface area contributed by atoms with Gasteiger partial charge in [-0.2, -0.15) is 5.10 Å². The second-order valence-corrected chi connectivity index (χ2v) is 5.07. The summed E-state index contributed by atoms with van der Waals surface area (Å²) in [6.45, 7) is 4.20. The zero-order valence-electron chi connectivity index (χ0n) is 11.3. The predicted octanol–water partition coefficient (Wildman–Crippen LogP) is 2.42. The summed E-state index contributed by atoms with van der Waals surface area (Å²) >= 11 is 0. The minimum absolute atomic E-state index is 1.01. The van der Waals surface area contributed by atoms with E-state index < -0.39 is 0 Å². The Labute approximate surface area is 114 Å². The van der Waals surface area contributed by atoms with Gasteiger partial charge < -0.3 is 4.90 Å². The summed E-state index contributed by atoms with van der Waals surface area (Å²) in [7, 11) is 2.16. The van der Waals surface area contributed by atoms with Gasteiger partial charge in [-0.1, -0.05) is 42.5 Å². The molecular weight excluding hydrogens is 234 g/mol. The molecular formula is C16H19N3. The molecule has 3 heteroatoms. The van der Waals surface area contributed by atoms with Crippen LogP contribution in [0.4, 0.5) is 0 Å². The maximum Gasteiger partial charge on any atom is 0.0549 e. The Balaban J connectivity index is 1.81. The van der Waals surface area contributed by atoms with Crippen molar-refractivity contribution in [2.75, 3.05) is 33.2 Å². The van der Waals surface area contributed by atoms with Gasteiger partial charge in [0, 0.05) is 31.7 Å². The Morgan fingerprint density at radius 1 is 0.947 bits per heavy atom. The molecule has 1 saturated heterocycles. The number of hydrogen-bond acceptors (Lipinski definition) is 3. The molecule has 19 heavy (non-hydrogen) atoms. The molecule has 0 atom stereocenters. The van der Waals surface area contributed by atoms with Gasteiger partial charge in [0.2, 0.25) is 0 Å². The summed E-state index contributed by atoms with van der Waals surface area (Å²) in [6.07, 6.45) is 1.99. The average Bonchev–Trinajstić information content (AvgIpc) is 2.47. The zero-order chi connectivity index (χ0) is 13.1. The second kappa shape index (κ2) is 5.41. The van der Waals surface area contributed by atoms with E-state index in [0.717, 1.165) is 26.2 Å². The normalized spacial score (nSPS) is 17.4. The fourth-order valence-corrected chi connectivity index (χ4v) is 2.42. The first-order chi connectivity index (χ1) is 9.33. The highest BCUT2D eigenvalue weighted by Gasteiger charge is 2.10. The first-order valence-corrected chi connectivity index (χ1v) is 6.78. The zero-order valence-corrected chi connectivity index (χ0v) is 11.3. The Morgan fingerprint density at radius 3 is 2.53 bits per heavy atom. The standard InChI is InChI=1S/C16H19N3/c1-18-9-11-19(12-10-18)17-13-15-7-4-6-14-5-2-3-8-16(14)15/h2-8,13H,9-12H2,1H3. The average molecular weight is 253 g/mol. The minimum atomic E-state index is 1.01. The van der Waals surface area contributed by atoms with E-state index in [1.165, 1.54) is 16.3 Å². The molecule has 0 amide bonds. The Morgan fingerprint density at radius 2 is 1.68 bits per heavy atom. The van der Waals surface area contributed by atoms with E-state index in [-0.39, 0.29) is 0 Å². The highest BCUT2D eigenvalue weighted by molar-refractivity contribution is 5.99. The first-order valence-electron chi connectivity index (χ1n) is 6.78.